The van der Waals surface area contributed by atoms with Crippen molar-refractivity contribution in [3.8, 4) is 0 Å². The van der Waals surface area contributed by atoms with Gasteiger partial charge in [0.05, 0.1) is 43.0 Å². The Morgan fingerprint density at radius 1 is 1.18 bits per heavy atom. The molecule has 1 aromatic heterocycles. The zero-order valence-corrected chi connectivity index (χ0v) is 15.9. The molecule has 1 fully saturated rings. The van der Waals surface area contributed by atoms with Gasteiger partial charge in [-0.2, -0.15) is 0 Å². The lowest BCUT2D eigenvalue weighted by Gasteiger charge is -2.29. The van der Waals surface area contributed by atoms with Crippen LogP contribution in [0.4, 0.5) is 0 Å². The van der Waals surface area contributed by atoms with E-state index in [0.29, 0.717) is 6.42 Å². The number of aromatic nitrogens is 2. The van der Waals surface area contributed by atoms with Crippen molar-refractivity contribution in [3.63, 3.8) is 0 Å². The molecule has 1 atom stereocenters. The van der Waals surface area contributed by atoms with Crippen molar-refractivity contribution in [1.82, 2.24) is 20.2 Å². The van der Waals surface area contributed by atoms with Crippen LogP contribution in [0.15, 0.2) is 54.9 Å². The third kappa shape index (κ3) is 4.77. The van der Waals surface area contributed by atoms with Crippen molar-refractivity contribution in [2.45, 2.75) is 18.9 Å². The summed E-state index contributed by atoms with van der Waals surface area (Å²) in [5.41, 5.74) is 4.00. The van der Waals surface area contributed by atoms with Crippen LogP contribution in [0, 0.1) is 0 Å². The molecule has 3 aromatic rings. The molecule has 6 nitrogen and oxygen atoms in total. The van der Waals surface area contributed by atoms with E-state index in [0.717, 1.165) is 61.4 Å². The summed E-state index contributed by atoms with van der Waals surface area (Å²) in [6, 6.07) is 16.1. The second kappa shape index (κ2) is 8.99. The van der Waals surface area contributed by atoms with Crippen LogP contribution in [0.25, 0.3) is 11.0 Å². The summed E-state index contributed by atoms with van der Waals surface area (Å²) in [5.74, 6) is 0.0368. The second-order valence-electron chi connectivity index (χ2n) is 7.20. The van der Waals surface area contributed by atoms with E-state index >= 15 is 0 Å². The van der Waals surface area contributed by atoms with Crippen molar-refractivity contribution >= 4 is 16.9 Å². The van der Waals surface area contributed by atoms with E-state index in [9.17, 15) is 4.79 Å². The maximum Gasteiger partial charge on any atom is 0.224 e. The van der Waals surface area contributed by atoms with Gasteiger partial charge in [0, 0.05) is 19.6 Å². The Kier molecular flexibility index (Phi) is 5.99. The van der Waals surface area contributed by atoms with Gasteiger partial charge in [0.15, 0.2) is 0 Å². The number of rotatable bonds is 7. The van der Waals surface area contributed by atoms with Crippen LogP contribution in [0.2, 0.25) is 0 Å². The number of ether oxygens (including phenoxy) is 1. The summed E-state index contributed by atoms with van der Waals surface area (Å²) in [7, 11) is 0. The molecule has 0 spiro atoms. The Hall–Kier alpha value is -2.70. The van der Waals surface area contributed by atoms with Crippen molar-refractivity contribution in [2.75, 3.05) is 32.8 Å². The number of carbonyl (C=O) groups is 1. The summed E-state index contributed by atoms with van der Waals surface area (Å²) >= 11 is 0. The number of morpholine rings is 1. The minimum Gasteiger partial charge on any atom is -0.379 e. The van der Waals surface area contributed by atoms with Gasteiger partial charge >= 0.3 is 0 Å². The molecule has 28 heavy (non-hydrogen) atoms. The van der Waals surface area contributed by atoms with Gasteiger partial charge in [-0.25, -0.2) is 4.98 Å². The highest BCUT2D eigenvalue weighted by Crippen LogP contribution is 2.18. The number of hydrogen-bond acceptors (Lipinski definition) is 4. The molecule has 2 N–H and O–H groups in total. The fourth-order valence-electron chi connectivity index (χ4n) is 3.67. The summed E-state index contributed by atoms with van der Waals surface area (Å²) in [4.78, 5) is 22.5. The first-order valence-electron chi connectivity index (χ1n) is 9.84. The summed E-state index contributed by atoms with van der Waals surface area (Å²) in [5, 5.41) is 3.24. The molecular formula is C22H26N4O2. The maximum atomic E-state index is 12.8. The molecule has 1 unspecified atom stereocenters. The van der Waals surface area contributed by atoms with Gasteiger partial charge < -0.3 is 15.0 Å². The highest BCUT2D eigenvalue weighted by atomic mass is 16.5. The van der Waals surface area contributed by atoms with E-state index in [1.54, 1.807) is 6.33 Å². The summed E-state index contributed by atoms with van der Waals surface area (Å²) in [6.45, 7) is 4.44. The van der Waals surface area contributed by atoms with Gasteiger partial charge in [-0.1, -0.05) is 36.4 Å². The van der Waals surface area contributed by atoms with Gasteiger partial charge in [-0.3, -0.25) is 9.69 Å². The van der Waals surface area contributed by atoms with E-state index in [4.69, 9.17) is 4.74 Å². The molecule has 0 aliphatic carbocycles. The highest BCUT2D eigenvalue weighted by molar-refractivity contribution is 5.81. The first-order chi connectivity index (χ1) is 13.8. The Balaban J connectivity index is 1.40. The number of imidazole rings is 1. The number of aromatic amines is 1. The average molecular weight is 378 g/mol. The van der Waals surface area contributed by atoms with Gasteiger partial charge in [-0.15, -0.1) is 0 Å². The molecule has 1 aliphatic rings. The van der Waals surface area contributed by atoms with Crippen molar-refractivity contribution in [1.29, 1.82) is 0 Å². The fraction of sp³-hybridized carbons (Fsp3) is 0.364. The van der Waals surface area contributed by atoms with Gasteiger partial charge in [-0.05, 0) is 29.7 Å². The predicted molar refractivity (Wildman–Crippen MR) is 109 cm³/mol. The quantitative estimate of drug-likeness (QED) is 0.663. The largest absolute Gasteiger partial charge is 0.379 e. The van der Waals surface area contributed by atoms with Crippen molar-refractivity contribution in [2.24, 2.45) is 0 Å². The fourth-order valence-corrected chi connectivity index (χ4v) is 3.67. The molecule has 2 aromatic carbocycles. The van der Waals surface area contributed by atoms with Crippen LogP contribution in [0.1, 0.15) is 23.6 Å². The van der Waals surface area contributed by atoms with Crippen LogP contribution in [0.3, 0.4) is 0 Å². The minimum absolute atomic E-state index is 0.00688. The van der Waals surface area contributed by atoms with E-state index in [-0.39, 0.29) is 11.9 Å². The number of fused-ring (bicyclic) bond motifs is 1. The lowest BCUT2D eigenvalue weighted by atomic mass is 10.0. The van der Waals surface area contributed by atoms with Crippen molar-refractivity contribution in [3.05, 3.63) is 66.0 Å². The van der Waals surface area contributed by atoms with Crippen LogP contribution in [-0.2, 0) is 16.0 Å². The number of hydrogen-bond donors (Lipinski definition) is 2. The monoisotopic (exact) mass is 378 g/mol. The topological polar surface area (TPSA) is 70.2 Å². The molecular weight excluding hydrogens is 352 g/mol. The number of benzene rings is 2. The van der Waals surface area contributed by atoms with Gasteiger partial charge in [0.25, 0.3) is 0 Å². The normalized spacial score (nSPS) is 16.1. The van der Waals surface area contributed by atoms with Crippen LogP contribution < -0.4 is 5.32 Å². The summed E-state index contributed by atoms with van der Waals surface area (Å²) < 4.78 is 5.43. The third-order valence-corrected chi connectivity index (χ3v) is 5.22. The second-order valence-corrected chi connectivity index (χ2v) is 7.20. The highest BCUT2D eigenvalue weighted by Gasteiger charge is 2.18. The van der Waals surface area contributed by atoms with Gasteiger partial charge in [0.1, 0.15) is 0 Å². The molecule has 0 radical (unpaired) electrons. The standard InChI is InChI=1S/C22H26N4O2/c27-22(15-17-6-7-20-21(14-17)24-16-23-20)25-19(18-4-2-1-3-5-18)8-9-26-10-12-28-13-11-26/h1-7,14,16,19H,8-13,15H2,(H,23,24)(H,25,27). The Labute approximate surface area is 164 Å². The molecule has 6 heteroatoms. The first-order valence-corrected chi connectivity index (χ1v) is 9.84. The number of nitrogens with one attached hydrogen (secondary N) is 2. The predicted octanol–water partition coefficient (Wildman–Crippen LogP) is 2.69. The molecule has 4 rings (SSSR count). The molecule has 146 valence electrons. The summed E-state index contributed by atoms with van der Waals surface area (Å²) in [6.07, 6.45) is 2.91. The first kappa shape index (κ1) is 18.7. The van der Waals surface area contributed by atoms with E-state index in [1.807, 2.05) is 36.4 Å². The van der Waals surface area contributed by atoms with Crippen LogP contribution in [0.5, 0.6) is 0 Å². The lowest BCUT2D eigenvalue weighted by molar-refractivity contribution is -0.121. The SMILES string of the molecule is O=C(Cc1ccc2nc[nH]c2c1)NC(CCN1CCOCC1)c1ccccc1. The molecule has 1 aliphatic heterocycles. The Morgan fingerprint density at radius 3 is 2.82 bits per heavy atom. The minimum atomic E-state index is 0.00688. The third-order valence-electron chi connectivity index (χ3n) is 5.22. The smallest absolute Gasteiger partial charge is 0.224 e. The van der Waals surface area contributed by atoms with Crippen molar-refractivity contribution < 1.29 is 9.53 Å². The van der Waals surface area contributed by atoms with E-state index in [2.05, 4.69) is 32.3 Å². The molecule has 2 heterocycles. The van der Waals surface area contributed by atoms with E-state index < -0.39 is 0 Å². The molecule has 0 saturated carbocycles. The zero-order chi connectivity index (χ0) is 19.2. The Bertz CT molecular complexity index is 903. The van der Waals surface area contributed by atoms with Gasteiger partial charge in [0.2, 0.25) is 5.91 Å². The number of nitrogens with zero attached hydrogens (tertiary/aromatic N) is 2. The molecule has 1 amide bonds. The van der Waals surface area contributed by atoms with Crippen LogP contribution >= 0.6 is 0 Å². The van der Waals surface area contributed by atoms with E-state index in [1.165, 1.54) is 0 Å². The number of amides is 1. The average Bonchev–Trinajstić information content (AvgIpc) is 3.20. The lowest BCUT2D eigenvalue weighted by Crippen LogP contribution is -2.39. The number of carbonyl (C=O) groups excluding carboxylic acids is 1. The molecule has 0 bridgehead atoms. The molecule has 1 saturated heterocycles. The zero-order valence-electron chi connectivity index (χ0n) is 15.9. The van der Waals surface area contributed by atoms with Crippen LogP contribution in [-0.4, -0.2) is 53.6 Å². The Morgan fingerprint density at radius 2 is 2.00 bits per heavy atom. The number of H-pyrrole nitrogens is 1. The maximum absolute atomic E-state index is 12.8.